The molecule has 0 aromatic rings. The molecule has 0 aromatic heterocycles. The number of carbonyl (C=O) groups is 1. The van der Waals surface area contributed by atoms with Crippen LogP contribution in [0.5, 0.6) is 0 Å². The molecule has 0 aliphatic heterocycles. The zero-order valence-corrected chi connectivity index (χ0v) is 8.46. The fourth-order valence-electron chi connectivity index (χ4n) is 1.26. The van der Waals surface area contributed by atoms with E-state index >= 15 is 0 Å². The van der Waals surface area contributed by atoms with Gasteiger partial charge in [0.05, 0.1) is 0 Å². The van der Waals surface area contributed by atoms with Crippen LogP contribution < -0.4 is 0 Å². The van der Waals surface area contributed by atoms with E-state index in [1.807, 2.05) is 6.92 Å². The van der Waals surface area contributed by atoms with Crippen LogP contribution in [0.4, 0.5) is 0 Å². The molecule has 0 bridgehead atoms. The third-order valence-electron chi connectivity index (χ3n) is 1.84. The van der Waals surface area contributed by atoms with E-state index in [4.69, 9.17) is 4.74 Å². The van der Waals surface area contributed by atoms with Crippen molar-refractivity contribution in [3.63, 3.8) is 0 Å². The highest BCUT2D eigenvalue weighted by atomic mass is 16.5. The lowest BCUT2D eigenvalue weighted by molar-refractivity contribution is -0.141. The molecule has 12 heavy (non-hydrogen) atoms. The van der Waals surface area contributed by atoms with Crippen LogP contribution in [0.15, 0.2) is 0 Å². The molecule has 0 fully saturated rings. The van der Waals surface area contributed by atoms with Gasteiger partial charge in [-0.25, -0.2) is 0 Å². The van der Waals surface area contributed by atoms with E-state index < -0.39 is 0 Å². The molecule has 0 radical (unpaired) electrons. The number of ether oxygens (including phenoxy) is 1. The molecule has 0 aromatic carbocycles. The molecule has 0 saturated carbocycles. The molecule has 1 unspecified atom stereocenters. The van der Waals surface area contributed by atoms with Crippen LogP contribution in [-0.4, -0.2) is 30.7 Å². The molecule has 0 rings (SSSR count). The maximum Gasteiger partial charge on any atom is 0.221 e. The standard InChI is InChI=1S/C9H19NO2/c1-5-7-10(8(3)11)9(6-2)12-4/h9H,5-7H2,1-4H3. The van der Waals surface area contributed by atoms with Crippen molar-refractivity contribution in [2.45, 2.75) is 39.8 Å². The SMILES string of the molecule is CCCN(C(C)=O)C(CC)OC. The minimum atomic E-state index is -0.0533. The van der Waals surface area contributed by atoms with Gasteiger partial charge in [0.1, 0.15) is 6.23 Å². The molecule has 0 aliphatic carbocycles. The van der Waals surface area contributed by atoms with Gasteiger partial charge < -0.3 is 9.64 Å². The van der Waals surface area contributed by atoms with Crippen LogP contribution in [0.1, 0.15) is 33.6 Å². The van der Waals surface area contributed by atoms with Gasteiger partial charge in [-0.15, -0.1) is 0 Å². The lowest BCUT2D eigenvalue weighted by Gasteiger charge is -2.28. The fourth-order valence-corrected chi connectivity index (χ4v) is 1.26. The maximum absolute atomic E-state index is 11.1. The van der Waals surface area contributed by atoms with Gasteiger partial charge in [0.25, 0.3) is 0 Å². The quantitative estimate of drug-likeness (QED) is 0.591. The van der Waals surface area contributed by atoms with Crippen LogP contribution in [0, 0.1) is 0 Å². The number of carbonyl (C=O) groups excluding carboxylic acids is 1. The molecule has 1 atom stereocenters. The molecule has 72 valence electrons. The van der Waals surface area contributed by atoms with Crippen molar-refractivity contribution >= 4 is 5.91 Å². The summed E-state index contributed by atoms with van der Waals surface area (Å²) >= 11 is 0. The van der Waals surface area contributed by atoms with Crippen LogP contribution in [0.2, 0.25) is 0 Å². The number of hydrogen-bond donors (Lipinski definition) is 0. The van der Waals surface area contributed by atoms with E-state index in [2.05, 4.69) is 6.92 Å². The molecular weight excluding hydrogens is 154 g/mol. The molecule has 0 heterocycles. The summed E-state index contributed by atoms with van der Waals surface area (Å²) in [6, 6.07) is 0. The first-order valence-corrected chi connectivity index (χ1v) is 4.47. The Labute approximate surface area is 74.7 Å². The number of hydrogen-bond acceptors (Lipinski definition) is 2. The van der Waals surface area contributed by atoms with E-state index in [9.17, 15) is 4.79 Å². The second kappa shape index (κ2) is 6.00. The highest BCUT2D eigenvalue weighted by Crippen LogP contribution is 2.05. The summed E-state index contributed by atoms with van der Waals surface area (Å²) in [5.74, 6) is 0.0885. The number of rotatable bonds is 5. The fraction of sp³-hybridized carbons (Fsp3) is 0.889. The van der Waals surface area contributed by atoms with Crippen LogP contribution in [-0.2, 0) is 9.53 Å². The molecule has 0 N–H and O–H groups in total. The van der Waals surface area contributed by atoms with Gasteiger partial charge in [-0.1, -0.05) is 13.8 Å². The number of nitrogens with zero attached hydrogens (tertiary/aromatic N) is 1. The molecule has 1 amide bonds. The van der Waals surface area contributed by atoms with Crippen molar-refractivity contribution in [3.05, 3.63) is 0 Å². The highest BCUT2D eigenvalue weighted by Gasteiger charge is 2.16. The summed E-state index contributed by atoms with van der Waals surface area (Å²) in [5.41, 5.74) is 0. The smallest absolute Gasteiger partial charge is 0.221 e. The molecular formula is C9H19NO2. The number of methoxy groups -OCH3 is 1. The average molecular weight is 173 g/mol. The molecule has 0 spiro atoms. The Morgan fingerprint density at radius 2 is 2.08 bits per heavy atom. The summed E-state index contributed by atoms with van der Waals surface area (Å²) in [5, 5.41) is 0. The molecule has 0 aliphatic rings. The average Bonchev–Trinajstić information content (AvgIpc) is 2.05. The summed E-state index contributed by atoms with van der Waals surface area (Å²) in [6.45, 7) is 6.43. The number of amides is 1. The van der Waals surface area contributed by atoms with Crippen LogP contribution in [0.25, 0.3) is 0 Å². The largest absolute Gasteiger partial charge is 0.362 e. The van der Waals surface area contributed by atoms with Gasteiger partial charge in [-0.3, -0.25) is 4.79 Å². The van der Waals surface area contributed by atoms with Crippen molar-refractivity contribution in [2.24, 2.45) is 0 Å². The topological polar surface area (TPSA) is 29.5 Å². The maximum atomic E-state index is 11.1. The van der Waals surface area contributed by atoms with E-state index in [-0.39, 0.29) is 12.1 Å². The summed E-state index contributed by atoms with van der Waals surface area (Å²) < 4.78 is 5.18. The second-order valence-corrected chi connectivity index (χ2v) is 2.81. The Balaban J connectivity index is 4.15. The normalized spacial score (nSPS) is 12.7. The third kappa shape index (κ3) is 3.22. The van der Waals surface area contributed by atoms with E-state index in [1.165, 1.54) is 0 Å². The van der Waals surface area contributed by atoms with Gasteiger partial charge in [0.2, 0.25) is 5.91 Å². The van der Waals surface area contributed by atoms with Crippen molar-refractivity contribution in [1.29, 1.82) is 0 Å². The van der Waals surface area contributed by atoms with Crippen LogP contribution >= 0.6 is 0 Å². The van der Waals surface area contributed by atoms with Gasteiger partial charge in [-0.2, -0.15) is 0 Å². The highest BCUT2D eigenvalue weighted by molar-refractivity contribution is 5.73. The lowest BCUT2D eigenvalue weighted by atomic mass is 10.3. The predicted octanol–water partition coefficient (Wildman–Crippen LogP) is 1.63. The zero-order chi connectivity index (χ0) is 9.56. The zero-order valence-electron chi connectivity index (χ0n) is 8.46. The van der Waals surface area contributed by atoms with E-state index in [0.717, 1.165) is 19.4 Å². The van der Waals surface area contributed by atoms with Crippen LogP contribution in [0.3, 0.4) is 0 Å². The summed E-state index contributed by atoms with van der Waals surface area (Å²) in [6.07, 6.45) is 1.76. The Hall–Kier alpha value is -0.570. The second-order valence-electron chi connectivity index (χ2n) is 2.81. The minimum Gasteiger partial charge on any atom is -0.362 e. The Kier molecular flexibility index (Phi) is 5.72. The first kappa shape index (κ1) is 11.4. The summed E-state index contributed by atoms with van der Waals surface area (Å²) in [7, 11) is 1.64. The first-order valence-electron chi connectivity index (χ1n) is 4.47. The van der Waals surface area contributed by atoms with Gasteiger partial charge in [-0.05, 0) is 12.8 Å². The molecule has 3 nitrogen and oxygen atoms in total. The Morgan fingerprint density at radius 1 is 1.50 bits per heavy atom. The van der Waals surface area contributed by atoms with E-state index in [0.29, 0.717) is 0 Å². The van der Waals surface area contributed by atoms with Crippen molar-refractivity contribution in [2.75, 3.05) is 13.7 Å². The molecule has 0 saturated heterocycles. The van der Waals surface area contributed by atoms with Gasteiger partial charge in [0.15, 0.2) is 0 Å². The van der Waals surface area contributed by atoms with Gasteiger partial charge >= 0.3 is 0 Å². The van der Waals surface area contributed by atoms with Gasteiger partial charge in [0, 0.05) is 20.6 Å². The predicted molar refractivity (Wildman–Crippen MR) is 48.8 cm³/mol. The van der Waals surface area contributed by atoms with Crippen molar-refractivity contribution in [3.8, 4) is 0 Å². The summed E-state index contributed by atoms with van der Waals surface area (Å²) in [4.78, 5) is 12.9. The minimum absolute atomic E-state index is 0.0533. The first-order chi connectivity index (χ1) is 5.67. The van der Waals surface area contributed by atoms with Crippen molar-refractivity contribution in [1.82, 2.24) is 4.90 Å². The van der Waals surface area contributed by atoms with E-state index in [1.54, 1.807) is 18.9 Å². The Morgan fingerprint density at radius 3 is 2.33 bits per heavy atom. The van der Waals surface area contributed by atoms with Crippen molar-refractivity contribution < 1.29 is 9.53 Å². The molecule has 3 heteroatoms. The third-order valence-corrected chi connectivity index (χ3v) is 1.84. The monoisotopic (exact) mass is 173 g/mol. The lowest BCUT2D eigenvalue weighted by Crippen LogP contribution is -2.40. The Bertz CT molecular complexity index is 132.